The zero-order valence-corrected chi connectivity index (χ0v) is 29.9. The van der Waals surface area contributed by atoms with Crippen molar-refractivity contribution in [3.63, 3.8) is 0 Å². The minimum absolute atomic E-state index is 0.0625. The summed E-state index contributed by atoms with van der Waals surface area (Å²) >= 11 is 0. The molecule has 2 aromatic rings. The fourth-order valence-corrected chi connectivity index (χ4v) is 8.35. The fraction of sp³-hybridized carbons (Fsp3) is 0.545. The number of hydrogen-bond acceptors (Lipinski definition) is 3. The standard InChI is InChI=1S/C44H56FNO2/c1-6-44(45)23-21-34(22-24-44)10-11-36-14-18-38-28-39(43-31(4)46-48-32(43)5)25-29(2)7-19-40(38)41(27-36)37-16-12-35(13-17-37)26-30(3)42(47)20-15-33-8-9-33/h6,12-13,16-17,25,27-28,30,33-34,36H,1,7-11,14-15,18-24,26H2,2-5H3. The van der Waals surface area contributed by atoms with Crippen LogP contribution in [0.1, 0.15) is 132 Å². The van der Waals surface area contributed by atoms with E-state index in [4.69, 9.17) is 4.52 Å². The van der Waals surface area contributed by atoms with Gasteiger partial charge < -0.3 is 4.52 Å². The minimum Gasteiger partial charge on any atom is -0.361 e. The van der Waals surface area contributed by atoms with E-state index < -0.39 is 5.67 Å². The number of allylic oxidation sites excluding steroid dienone is 9. The van der Waals surface area contributed by atoms with E-state index >= 15 is 0 Å². The van der Waals surface area contributed by atoms with Gasteiger partial charge in [0.05, 0.1) is 5.69 Å². The molecule has 6 rings (SSSR count). The van der Waals surface area contributed by atoms with Crippen LogP contribution < -0.4 is 0 Å². The maximum atomic E-state index is 14.8. The predicted octanol–water partition coefficient (Wildman–Crippen LogP) is 12.0. The molecular formula is C44H56FNO2. The highest BCUT2D eigenvalue weighted by Gasteiger charge is 2.33. The van der Waals surface area contributed by atoms with Gasteiger partial charge in [0, 0.05) is 17.9 Å². The number of carbonyl (C=O) groups excluding carboxylic acids is 1. The van der Waals surface area contributed by atoms with Gasteiger partial charge in [-0.05, 0) is 149 Å². The summed E-state index contributed by atoms with van der Waals surface area (Å²) in [6.45, 7) is 12.1. The summed E-state index contributed by atoms with van der Waals surface area (Å²) in [6, 6.07) is 9.11. The van der Waals surface area contributed by atoms with Crippen molar-refractivity contribution < 1.29 is 13.7 Å². The third-order valence-corrected chi connectivity index (χ3v) is 11.8. The Hall–Kier alpha value is -3.27. The van der Waals surface area contributed by atoms with Crippen LogP contribution in [0.2, 0.25) is 0 Å². The van der Waals surface area contributed by atoms with Crippen molar-refractivity contribution >= 4 is 16.9 Å². The topological polar surface area (TPSA) is 43.1 Å². The second kappa shape index (κ2) is 15.1. The molecule has 0 spiro atoms. The summed E-state index contributed by atoms with van der Waals surface area (Å²) in [5.41, 5.74) is 10.2. The molecule has 2 fully saturated rings. The molecule has 4 aliphatic rings. The van der Waals surface area contributed by atoms with E-state index in [1.807, 2.05) is 13.8 Å². The number of ketones is 1. The van der Waals surface area contributed by atoms with Crippen LogP contribution in [0.25, 0.3) is 11.1 Å². The second-order valence-electron chi connectivity index (χ2n) is 15.7. The lowest BCUT2D eigenvalue weighted by Gasteiger charge is -2.32. The van der Waals surface area contributed by atoms with Gasteiger partial charge in [-0.1, -0.05) is 85.6 Å². The lowest BCUT2D eigenvalue weighted by molar-refractivity contribution is -0.122. The van der Waals surface area contributed by atoms with Crippen molar-refractivity contribution in [3.05, 3.63) is 100 Å². The highest BCUT2D eigenvalue weighted by atomic mass is 19.1. The SMILES string of the molecule is C=CC1(F)CCC(CCC2C=C(c3ccc(CC(C)C(=O)CCC4CC4)cc3)C3=C(C=C(c4c(C)noc4C)C=C(C)CC3)CC2)CC1. The first-order valence-corrected chi connectivity index (χ1v) is 18.8. The van der Waals surface area contributed by atoms with Gasteiger partial charge in [0.2, 0.25) is 0 Å². The Balaban J connectivity index is 1.27. The largest absolute Gasteiger partial charge is 0.361 e. The zero-order chi connectivity index (χ0) is 33.8. The molecule has 2 atom stereocenters. The van der Waals surface area contributed by atoms with Crippen LogP contribution in [0.15, 0.2) is 76.4 Å². The Morgan fingerprint density at radius 2 is 1.71 bits per heavy atom. The van der Waals surface area contributed by atoms with E-state index in [2.05, 4.69) is 68.1 Å². The van der Waals surface area contributed by atoms with Crippen molar-refractivity contribution in [2.24, 2.45) is 23.7 Å². The number of alkyl halides is 1. The number of carbonyl (C=O) groups is 1. The Morgan fingerprint density at radius 1 is 0.979 bits per heavy atom. The van der Waals surface area contributed by atoms with Crippen LogP contribution in [-0.4, -0.2) is 16.6 Å². The summed E-state index contributed by atoms with van der Waals surface area (Å²) in [5.74, 6) is 3.20. The summed E-state index contributed by atoms with van der Waals surface area (Å²) in [4.78, 5) is 12.8. The number of nitrogens with zero attached hydrogens (tertiary/aromatic N) is 1. The molecule has 0 saturated heterocycles. The number of rotatable bonds is 12. The Kier molecular flexibility index (Phi) is 10.9. The molecule has 0 bridgehead atoms. The van der Waals surface area contributed by atoms with Gasteiger partial charge in [0.15, 0.2) is 0 Å². The molecule has 2 saturated carbocycles. The third kappa shape index (κ3) is 8.47. The maximum absolute atomic E-state index is 14.8. The van der Waals surface area contributed by atoms with Gasteiger partial charge in [0.25, 0.3) is 0 Å². The van der Waals surface area contributed by atoms with E-state index in [1.54, 1.807) is 0 Å². The first kappa shape index (κ1) is 34.6. The lowest BCUT2D eigenvalue weighted by Crippen LogP contribution is -2.27. The molecular weight excluding hydrogens is 593 g/mol. The van der Waals surface area contributed by atoms with Gasteiger partial charge in [-0.15, -0.1) is 0 Å². The Bertz CT molecular complexity index is 1580. The van der Waals surface area contributed by atoms with Crippen LogP contribution in [0.4, 0.5) is 4.39 Å². The van der Waals surface area contributed by atoms with E-state index in [0.29, 0.717) is 30.5 Å². The van der Waals surface area contributed by atoms with Crippen molar-refractivity contribution in [2.75, 3.05) is 0 Å². The smallest absolute Gasteiger partial charge is 0.141 e. The van der Waals surface area contributed by atoms with Crippen LogP contribution in [0, 0.1) is 37.5 Å². The molecule has 0 amide bonds. The van der Waals surface area contributed by atoms with Crippen LogP contribution in [0.3, 0.4) is 0 Å². The molecule has 0 aliphatic heterocycles. The van der Waals surface area contributed by atoms with E-state index in [1.165, 1.54) is 57.9 Å². The number of halogens is 1. The zero-order valence-electron chi connectivity index (χ0n) is 29.9. The molecule has 2 unspecified atom stereocenters. The summed E-state index contributed by atoms with van der Waals surface area (Å²) in [6.07, 6.45) is 23.7. The van der Waals surface area contributed by atoms with Crippen LogP contribution in [0.5, 0.6) is 0 Å². The Labute approximate surface area is 288 Å². The van der Waals surface area contributed by atoms with Crippen LogP contribution in [-0.2, 0) is 11.2 Å². The van der Waals surface area contributed by atoms with E-state index in [0.717, 1.165) is 93.6 Å². The van der Waals surface area contributed by atoms with E-state index in [-0.39, 0.29) is 5.92 Å². The monoisotopic (exact) mass is 649 g/mol. The minimum atomic E-state index is -1.17. The summed E-state index contributed by atoms with van der Waals surface area (Å²) in [7, 11) is 0. The van der Waals surface area contributed by atoms with Crippen molar-refractivity contribution in [3.8, 4) is 0 Å². The van der Waals surface area contributed by atoms with E-state index in [9.17, 15) is 9.18 Å². The fourth-order valence-electron chi connectivity index (χ4n) is 8.35. The molecule has 1 heterocycles. The van der Waals surface area contributed by atoms with Gasteiger partial charge >= 0.3 is 0 Å². The first-order chi connectivity index (χ1) is 23.1. The highest BCUT2D eigenvalue weighted by molar-refractivity contribution is 5.85. The van der Waals surface area contributed by atoms with Crippen LogP contribution >= 0.6 is 0 Å². The van der Waals surface area contributed by atoms with Crippen molar-refractivity contribution in [1.82, 2.24) is 5.16 Å². The molecule has 1 aromatic carbocycles. The average molecular weight is 650 g/mol. The molecule has 0 N–H and O–H groups in total. The predicted molar refractivity (Wildman–Crippen MR) is 196 cm³/mol. The molecule has 0 radical (unpaired) electrons. The number of Topliss-reactive ketones (excluding diaryl/α,β-unsaturated/α-hetero) is 1. The number of aryl methyl sites for hydroxylation is 2. The number of benzene rings is 1. The van der Waals surface area contributed by atoms with Gasteiger partial charge in [0.1, 0.15) is 17.2 Å². The molecule has 1 aromatic heterocycles. The highest BCUT2D eigenvalue weighted by Crippen LogP contribution is 2.43. The summed E-state index contributed by atoms with van der Waals surface area (Å²) in [5, 5.41) is 4.29. The molecule has 4 heteroatoms. The van der Waals surface area contributed by atoms with Gasteiger partial charge in [-0.3, -0.25) is 4.79 Å². The van der Waals surface area contributed by atoms with Gasteiger partial charge in [-0.2, -0.15) is 0 Å². The first-order valence-electron chi connectivity index (χ1n) is 18.8. The third-order valence-electron chi connectivity index (χ3n) is 11.8. The quantitative estimate of drug-likeness (QED) is 0.215. The molecule has 48 heavy (non-hydrogen) atoms. The second-order valence-corrected chi connectivity index (χ2v) is 15.7. The molecule has 3 nitrogen and oxygen atoms in total. The molecule has 4 aliphatic carbocycles. The van der Waals surface area contributed by atoms with Gasteiger partial charge in [-0.25, -0.2) is 4.39 Å². The molecule has 256 valence electrons. The number of aromatic nitrogens is 1. The normalized spacial score (nSPS) is 25.6. The summed E-state index contributed by atoms with van der Waals surface area (Å²) < 4.78 is 20.5. The maximum Gasteiger partial charge on any atom is 0.141 e. The van der Waals surface area contributed by atoms with Crippen molar-refractivity contribution in [2.45, 2.75) is 130 Å². The van der Waals surface area contributed by atoms with Crippen molar-refractivity contribution in [1.29, 1.82) is 0 Å². The lowest BCUT2D eigenvalue weighted by atomic mass is 9.77. The average Bonchev–Trinajstić information content (AvgIpc) is 3.87. The Morgan fingerprint density at radius 3 is 2.38 bits per heavy atom. The number of hydrogen-bond donors (Lipinski definition) is 0.